The van der Waals surface area contributed by atoms with Crippen molar-refractivity contribution in [2.45, 2.75) is 25.9 Å². The van der Waals surface area contributed by atoms with Gasteiger partial charge < -0.3 is 4.90 Å². The Kier molecular flexibility index (Phi) is 4.36. The number of halogens is 1. The van der Waals surface area contributed by atoms with Gasteiger partial charge in [-0.05, 0) is 43.3 Å². The second-order valence-electron chi connectivity index (χ2n) is 6.73. The molecule has 2 heterocycles. The molecule has 0 saturated carbocycles. The minimum atomic E-state index is -0.210. The van der Waals surface area contributed by atoms with Crippen LogP contribution in [0.2, 0.25) is 0 Å². The van der Waals surface area contributed by atoms with E-state index in [-0.39, 0.29) is 5.82 Å². The summed E-state index contributed by atoms with van der Waals surface area (Å²) in [6.07, 6.45) is 1.97. The summed E-state index contributed by atoms with van der Waals surface area (Å²) in [5.41, 5.74) is 5.92. The van der Waals surface area contributed by atoms with Crippen LogP contribution in [-0.2, 0) is 25.9 Å². The van der Waals surface area contributed by atoms with Gasteiger partial charge in [0.1, 0.15) is 5.82 Å². The number of rotatable bonds is 4. The second kappa shape index (κ2) is 6.81. The standard InChI is InChI=1S/C21H22FN3/c1-24-13-12-20-19(15-24)21(17-7-9-18(22)10-8-17)23-25(20)14-11-16-5-3-2-4-6-16/h2-10H,11-15H2,1H3. The number of hydrogen-bond acceptors (Lipinski definition) is 2. The zero-order valence-corrected chi connectivity index (χ0v) is 14.5. The van der Waals surface area contributed by atoms with E-state index in [4.69, 9.17) is 5.10 Å². The third kappa shape index (κ3) is 3.35. The number of benzene rings is 2. The third-order valence-corrected chi connectivity index (χ3v) is 4.90. The van der Waals surface area contributed by atoms with Crippen LogP contribution in [0, 0.1) is 5.82 Å². The molecule has 0 fully saturated rings. The summed E-state index contributed by atoms with van der Waals surface area (Å²) in [6, 6.07) is 17.2. The van der Waals surface area contributed by atoms with Crippen molar-refractivity contribution in [2.24, 2.45) is 0 Å². The smallest absolute Gasteiger partial charge is 0.123 e. The Balaban J connectivity index is 1.67. The molecule has 3 aromatic rings. The van der Waals surface area contributed by atoms with Gasteiger partial charge in [0.15, 0.2) is 0 Å². The zero-order chi connectivity index (χ0) is 17.2. The Hall–Kier alpha value is -2.46. The maximum Gasteiger partial charge on any atom is 0.123 e. The summed E-state index contributed by atoms with van der Waals surface area (Å²) in [5.74, 6) is -0.210. The Morgan fingerprint density at radius 3 is 2.56 bits per heavy atom. The van der Waals surface area contributed by atoms with E-state index in [9.17, 15) is 4.39 Å². The van der Waals surface area contributed by atoms with Crippen molar-refractivity contribution in [3.8, 4) is 11.3 Å². The molecule has 0 radical (unpaired) electrons. The highest BCUT2D eigenvalue weighted by atomic mass is 19.1. The molecule has 4 rings (SSSR count). The van der Waals surface area contributed by atoms with Gasteiger partial charge in [-0.2, -0.15) is 5.10 Å². The summed E-state index contributed by atoms with van der Waals surface area (Å²) in [7, 11) is 2.14. The van der Waals surface area contributed by atoms with E-state index in [1.165, 1.54) is 29.0 Å². The largest absolute Gasteiger partial charge is 0.302 e. The van der Waals surface area contributed by atoms with Gasteiger partial charge in [0.25, 0.3) is 0 Å². The third-order valence-electron chi connectivity index (χ3n) is 4.90. The van der Waals surface area contributed by atoms with Crippen LogP contribution in [0.15, 0.2) is 54.6 Å². The van der Waals surface area contributed by atoms with Crippen molar-refractivity contribution in [1.82, 2.24) is 14.7 Å². The van der Waals surface area contributed by atoms with Crippen molar-refractivity contribution in [2.75, 3.05) is 13.6 Å². The molecule has 0 N–H and O–H groups in total. The van der Waals surface area contributed by atoms with Gasteiger partial charge >= 0.3 is 0 Å². The molecule has 0 bridgehead atoms. The van der Waals surface area contributed by atoms with E-state index < -0.39 is 0 Å². The van der Waals surface area contributed by atoms with Crippen LogP contribution < -0.4 is 0 Å². The number of aryl methyl sites for hydroxylation is 2. The number of fused-ring (bicyclic) bond motifs is 1. The molecule has 0 atom stereocenters. The van der Waals surface area contributed by atoms with Crippen LogP contribution in [0.5, 0.6) is 0 Å². The van der Waals surface area contributed by atoms with Gasteiger partial charge in [0, 0.05) is 42.9 Å². The van der Waals surface area contributed by atoms with Crippen LogP contribution >= 0.6 is 0 Å². The van der Waals surface area contributed by atoms with Crippen molar-refractivity contribution in [3.63, 3.8) is 0 Å². The minimum absolute atomic E-state index is 0.210. The van der Waals surface area contributed by atoms with Crippen molar-refractivity contribution >= 4 is 0 Å². The summed E-state index contributed by atoms with van der Waals surface area (Å²) in [5, 5.41) is 4.91. The Morgan fingerprint density at radius 1 is 1.04 bits per heavy atom. The van der Waals surface area contributed by atoms with E-state index in [0.29, 0.717) is 0 Å². The summed E-state index contributed by atoms with van der Waals surface area (Å²) < 4.78 is 15.4. The average molecular weight is 335 g/mol. The topological polar surface area (TPSA) is 21.1 Å². The van der Waals surface area contributed by atoms with Gasteiger partial charge in [-0.15, -0.1) is 0 Å². The van der Waals surface area contributed by atoms with Crippen molar-refractivity contribution < 1.29 is 4.39 Å². The molecule has 0 saturated heterocycles. The predicted octanol–water partition coefficient (Wildman–Crippen LogP) is 3.92. The molecular formula is C21H22FN3. The lowest BCUT2D eigenvalue weighted by Crippen LogP contribution is -2.27. The van der Waals surface area contributed by atoms with E-state index in [1.807, 2.05) is 18.2 Å². The number of hydrogen-bond donors (Lipinski definition) is 0. The zero-order valence-electron chi connectivity index (χ0n) is 14.5. The summed E-state index contributed by atoms with van der Waals surface area (Å²) in [6.45, 7) is 2.82. The summed E-state index contributed by atoms with van der Waals surface area (Å²) in [4.78, 5) is 2.32. The molecule has 2 aromatic carbocycles. The lowest BCUT2D eigenvalue weighted by molar-refractivity contribution is 0.307. The normalized spacial score (nSPS) is 14.5. The number of aromatic nitrogens is 2. The van der Waals surface area contributed by atoms with Crippen molar-refractivity contribution in [3.05, 3.63) is 77.2 Å². The first-order valence-corrected chi connectivity index (χ1v) is 8.77. The molecule has 0 unspecified atom stereocenters. The van der Waals surface area contributed by atoms with Gasteiger partial charge in [-0.25, -0.2) is 4.39 Å². The lowest BCUT2D eigenvalue weighted by atomic mass is 10.0. The molecule has 3 nitrogen and oxygen atoms in total. The SMILES string of the molecule is CN1CCc2c(c(-c3ccc(F)cc3)nn2CCc2ccccc2)C1. The molecule has 128 valence electrons. The molecule has 0 amide bonds. The fourth-order valence-electron chi connectivity index (χ4n) is 3.53. The Bertz CT molecular complexity index is 853. The number of likely N-dealkylation sites (N-methyl/N-ethyl adjacent to an activating group) is 1. The van der Waals surface area contributed by atoms with E-state index >= 15 is 0 Å². The molecular weight excluding hydrogens is 313 g/mol. The first-order chi connectivity index (χ1) is 12.2. The van der Waals surface area contributed by atoms with E-state index in [0.717, 1.165) is 43.7 Å². The maximum atomic E-state index is 13.3. The van der Waals surface area contributed by atoms with Crippen molar-refractivity contribution in [1.29, 1.82) is 0 Å². The predicted molar refractivity (Wildman–Crippen MR) is 97.8 cm³/mol. The van der Waals surface area contributed by atoms with E-state index in [2.05, 4.69) is 40.9 Å². The van der Waals surface area contributed by atoms with Crippen LogP contribution in [0.25, 0.3) is 11.3 Å². The monoisotopic (exact) mass is 335 g/mol. The lowest BCUT2D eigenvalue weighted by Gasteiger charge is -2.23. The minimum Gasteiger partial charge on any atom is -0.302 e. The highest BCUT2D eigenvalue weighted by Crippen LogP contribution is 2.30. The van der Waals surface area contributed by atoms with Crippen LogP contribution in [0.3, 0.4) is 0 Å². The Morgan fingerprint density at radius 2 is 1.80 bits per heavy atom. The average Bonchev–Trinajstić information content (AvgIpc) is 2.99. The van der Waals surface area contributed by atoms with Gasteiger partial charge in [0.2, 0.25) is 0 Å². The fraction of sp³-hybridized carbons (Fsp3) is 0.286. The molecule has 25 heavy (non-hydrogen) atoms. The highest BCUT2D eigenvalue weighted by Gasteiger charge is 2.23. The van der Waals surface area contributed by atoms with Gasteiger partial charge in [0.05, 0.1) is 5.69 Å². The molecule has 1 aliphatic rings. The Labute approximate surface area is 147 Å². The fourth-order valence-corrected chi connectivity index (χ4v) is 3.53. The van der Waals surface area contributed by atoms with Crippen LogP contribution in [0.1, 0.15) is 16.8 Å². The second-order valence-corrected chi connectivity index (χ2v) is 6.73. The van der Waals surface area contributed by atoms with Gasteiger partial charge in [-0.3, -0.25) is 4.68 Å². The highest BCUT2D eigenvalue weighted by molar-refractivity contribution is 5.64. The van der Waals surface area contributed by atoms with Gasteiger partial charge in [-0.1, -0.05) is 30.3 Å². The van der Waals surface area contributed by atoms with Crippen LogP contribution in [0.4, 0.5) is 4.39 Å². The molecule has 4 heteroatoms. The van der Waals surface area contributed by atoms with Crippen LogP contribution in [-0.4, -0.2) is 28.3 Å². The molecule has 1 aliphatic heterocycles. The molecule has 0 aliphatic carbocycles. The maximum absolute atomic E-state index is 13.3. The van der Waals surface area contributed by atoms with E-state index in [1.54, 1.807) is 0 Å². The molecule has 0 spiro atoms. The number of nitrogens with zero attached hydrogens (tertiary/aromatic N) is 3. The quantitative estimate of drug-likeness (QED) is 0.720. The first-order valence-electron chi connectivity index (χ1n) is 8.77. The summed E-state index contributed by atoms with van der Waals surface area (Å²) >= 11 is 0. The first kappa shape index (κ1) is 16.0. The molecule has 1 aromatic heterocycles.